The molecule has 0 aromatic heterocycles. The van der Waals surface area contributed by atoms with Crippen molar-refractivity contribution in [3.63, 3.8) is 0 Å². The van der Waals surface area contributed by atoms with Crippen molar-refractivity contribution < 1.29 is 26.3 Å². The minimum absolute atomic E-state index is 0.126. The van der Waals surface area contributed by atoms with E-state index in [0.29, 0.717) is 17.9 Å². The fourth-order valence-electron chi connectivity index (χ4n) is 3.12. The summed E-state index contributed by atoms with van der Waals surface area (Å²) in [5, 5.41) is 0. The summed E-state index contributed by atoms with van der Waals surface area (Å²) in [5.74, 6) is 0.438. The molecule has 1 nitrogen and oxygen atoms in total. The minimum atomic E-state index is -4.27. The number of alkyl halides is 6. The van der Waals surface area contributed by atoms with Crippen molar-refractivity contribution in [2.75, 3.05) is 0 Å². The second-order valence-corrected chi connectivity index (χ2v) is 7.68. The summed E-state index contributed by atoms with van der Waals surface area (Å²) in [7, 11) is 0. The minimum Gasteiger partial charge on any atom is -0.328 e. The Bertz CT molecular complexity index is 765. The Morgan fingerprint density at radius 2 is 1.20 bits per heavy atom. The van der Waals surface area contributed by atoms with Crippen molar-refractivity contribution in [3.8, 4) is 0 Å². The van der Waals surface area contributed by atoms with Crippen LogP contribution < -0.4 is 5.73 Å². The highest BCUT2D eigenvalue weighted by molar-refractivity contribution is 5.26. The monoisotopic (exact) mass is 433 g/mol. The standard InChI is InChI=1S/C13H17F3.C10H12F3N/c1-3-5-10(2)8-11-6-4-7-12(9-11)13(14,15)16;1-7(14)5-8-3-2-4-9(6-8)10(11,12)13/h4,6-7,9-10H,3,5,8H2,1-2H3;2-4,6-7H,5,14H2,1H3. The number of nitrogens with two attached hydrogens (primary N) is 1. The molecule has 2 aromatic carbocycles. The van der Waals surface area contributed by atoms with Crippen molar-refractivity contribution in [3.05, 3.63) is 70.8 Å². The SMILES string of the molecule is CC(N)Cc1cccc(C(F)(F)F)c1.CCCC(C)Cc1cccc(C(F)(F)F)c1. The van der Waals surface area contributed by atoms with Gasteiger partial charge in [-0.3, -0.25) is 0 Å². The van der Waals surface area contributed by atoms with E-state index in [1.54, 1.807) is 19.1 Å². The van der Waals surface area contributed by atoms with E-state index in [1.807, 2.05) is 0 Å². The molecule has 2 unspecified atom stereocenters. The van der Waals surface area contributed by atoms with Gasteiger partial charge in [-0.1, -0.05) is 63.1 Å². The normalized spacial score (nSPS) is 13.9. The largest absolute Gasteiger partial charge is 0.416 e. The van der Waals surface area contributed by atoms with Crippen LogP contribution in [0.15, 0.2) is 48.5 Å². The van der Waals surface area contributed by atoms with E-state index in [9.17, 15) is 26.3 Å². The first-order chi connectivity index (χ1) is 13.8. The predicted octanol–water partition coefficient (Wildman–Crippen LogP) is 7.28. The molecule has 7 heteroatoms. The molecule has 0 saturated heterocycles. The number of hydrogen-bond acceptors (Lipinski definition) is 1. The summed E-state index contributed by atoms with van der Waals surface area (Å²) < 4.78 is 74.2. The summed E-state index contributed by atoms with van der Waals surface area (Å²) in [6.07, 6.45) is -5.20. The molecule has 0 amide bonds. The summed E-state index contributed by atoms with van der Waals surface area (Å²) in [6.45, 7) is 5.92. The van der Waals surface area contributed by atoms with Crippen molar-refractivity contribution >= 4 is 0 Å². The Hall–Kier alpha value is -2.02. The Labute approximate surface area is 174 Å². The van der Waals surface area contributed by atoms with E-state index in [0.717, 1.165) is 43.0 Å². The molecule has 2 N–H and O–H groups in total. The number of rotatable bonds is 6. The highest BCUT2D eigenvalue weighted by atomic mass is 19.4. The van der Waals surface area contributed by atoms with Crippen LogP contribution in [0.1, 0.15) is 55.9 Å². The molecule has 0 heterocycles. The van der Waals surface area contributed by atoms with E-state index in [4.69, 9.17) is 5.73 Å². The van der Waals surface area contributed by atoms with E-state index < -0.39 is 23.5 Å². The maximum Gasteiger partial charge on any atom is 0.416 e. The Balaban J connectivity index is 0.000000303. The third kappa shape index (κ3) is 9.65. The number of benzene rings is 2. The molecule has 2 aromatic rings. The van der Waals surface area contributed by atoms with E-state index in [-0.39, 0.29) is 6.04 Å². The van der Waals surface area contributed by atoms with Crippen molar-refractivity contribution in [2.45, 2.75) is 64.8 Å². The Morgan fingerprint density at radius 3 is 1.57 bits per heavy atom. The van der Waals surface area contributed by atoms with Gasteiger partial charge in [-0.05, 0) is 48.9 Å². The molecule has 0 bridgehead atoms. The number of hydrogen-bond donors (Lipinski definition) is 1. The second-order valence-electron chi connectivity index (χ2n) is 7.68. The van der Waals surface area contributed by atoms with Crippen molar-refractivity contribution in [1.82, 2.24) is 0 Å². The van der Waals surface area contributed by atoms with Crippen LogP contribution in [0.3, 0.4) is 0 Å². The fraction of sp³-hybridized carbons (Fsp3) is 0.478. The van der Waals surface area contributed by atoms with Gasteiger partial charge >= 0.3 is 12.4 Å². The lowest BCUT2D eigenvalue weighted by Crippen LogP contribution is -2.18. The first-order valence-corrected chi connectivity index (χ1v) is 9.90. The zero-order valence-electron chi connectivity index (χ0n) is 17.4. The molecule has 0 saturated carbocycles. The van der Waals surface area contributed by atoms with Gasteiger partial charge < -0.3 is 5.73 Å². The van der Waals surface area contributed by atoms with Crippen LogP contribution in [0.5, 0.6) is 0 Å². The molecule has 0 aliphatic carbocycles. The lowest BCUT2D eigenvalue weighted by Gasteiger charge is -2.12. The summed E-state index contributed by atoms with van der Waals surface area (Å²) in [4.78, 5) is 0. The highest BCUT2D eigenvalue weighted by Gasteiger charge is 2.31. The molecular weight excluding hydrogens is 404 g/mol. The summed E-state index contributed by atoms with van der Waals surface area (Å²) in [5.41, 5.74) is 5.73. The average Bonchev–Trinajstić information content (AvgIpc) is 2.61. The lowest BCUT2D eigenvalue weighted by atomic mass is 9.96. The van der Waals surface area contributed by atoms with Crippen LogP contribution >= 0.6 is 0 Å². The predicted molar refractivity (Wildman–Crippen MR) is 108 cm³/mol. The molecule has 0 aliphatic rings. The van der Waals surface area contributed by atoms with Gasteiger partial charge in [-0.2, -0.15) is 26.3 Å². The van der Waals surface area contributed by atoms with Gasteiger partial charge in [0, 0.05) is 6.04 Å². The molecule has 0 aliphatic heterocycles. The maximum atomic E-state index is 12.5. The van der Waals surface area contributed by atoms with Gasteiger partial charge in [0.2, 0.25) is 0 Å². The third-order valence-corrected chi connectivity index (χ3v) is 4.43. The van der Waals surface area contributed by atoms with Crippen LogP contribution in [0.2, 0.25) is 0 Å². The molecular formula is C23H29F6N. The van der Waals surface area contributed by atoms with Gasteiger partial charge in [0.05, 0.1) is 11.1 Å². The summed E-state index contributed by atoms with van der Waals surface area (Å²) >= 11 is 0. The molecule has 2 atom stereocenters. The molecule has 0 spiro atoms. The van der Waals surface area contributed by atoms with Crippen LogP contribution in [0.25, 0.3) is 0 Å². The quantitative estimate of drug-likeness (QED) is 0.476. The zero-order chi connectivity index (χ0) is 22.9. The molecule has 168 valence electrons. The van der Waals surface area contributed by atoms with Gasteiger partial charge in [0.15, 0.2) is 0 Å². The lowest BCUT2D eigenvalue weighted by molar-refractivity contribution is -0.138. The third-order valence-electron chi connectivity index (χ3n) is 4.43. The first kappa shape index (κ1) is 26.0. The van der Waals surface area contributed by atoms with Crippen molar-refractivity contribution in [2.24, 2.45) is 11.7 Å². The molecule has 30 heavy (non-hydrogen) atoms. The molecule has 0 radical (unpaired) electrons. The second kappa shape index (κ2) is 11.4. The summed E-state index contributed by atoms with van der Waals surface area (Å²) in [6, 6.07) is 10.8. The molecule has 0 fully saturated rings. The van der Waals surface area contributed by atoms with E-state index >= 15 is 0 Å². The Morgan fingerprint density at radius 1 is 0.767 bits per heavy atom. The van der Waals surface area contributed by atoms with Crippen LogP contribution in [0, 0.1) is 5.92 Å². The Kier molecular flexibility index (Phi) is 9.88. The smallest absolute Gasteiger partial charge is 0.328 e. The van der Waals surface area contributed by atoms with Gasteiger partial charge in [-0.25, -0.2) is 0 Å². The molecule has 2 rings (SSSR count). The van der Waals surface area contributed by atoms with Gasteiger partial charge in [0.25, 0.3) is 0 Å². The van der Waals surface area contributed by atoms with Crippen LogP contribution in [-0.2, 0) is 25.2 Å². The van der Waals surface area contributed by atoms with E-state index in [1.165, 1.54) is 18.2 Å². The van der Waals surface area contributed by atoms with Gasteiger partial charge in [0.1, 0.15) is 0 Å². The maximum absolute atomic E-state index is 12.5. The van der Waals surface area contributed by atoms with Crippen LogP contribution in [0.4, 0.5) is 26.3 Å². The zero-order valence-corrected chi connectivity index (χ0v) is 17.4. The first-order valence-electron chi connectivity index (χ1n) is 9.90. The number of halogens is 6. The van der Waals surface area contributed by atoms with Crippen LogP contribution in [-0.4, -0.2) is 6.04 Å². The average molecular weight is 433 g/mol. The van der Waals surface area contributed by atoms with E-state index in [2.05, 4.69) is 13.8 Å². The fourth-order valence-corrected chi connectivity index (χ4v) is 3.12. The van der Waals surface area contributed by atoms with Crippen molar-refractivity contribution in [1.29, 1.82) is 0 Å². The highest BCUT2D eigenvalue weighted by Crippen LogP contribution is 2.30. The van der Waals surface area contributed by atoms with Gasteiger partial charge in [-0.15, -0.1) is 0 Å². The topological polar surface area (TPSA) is 26.0 Å².